The van der Waals surface area contributed by atoms with Crippen molar-refractivity contribution in [2.45, 2.75) is 24.3 Å². The third kappa shape index (κ3) is 4.24. The van der Waals surface area contributed by atoms with Gasteiger partial charge in [0.15, 0.2) is 0 Å². The van der Waals surface area contributed by atoms with E-state index in [4.69, 9.17) is 4.74 Å². The molecule has 1 aliphatic heterocycles. The molecule has 0 amide bonds. The predicted molar refractivity (Wildman–Crippen MR) is 92.0 cm³/mol. The van der Waals surface area contributed by atoms with Gasteiger partial charge in [-0.05, 0) is 37.1 Å². The van der Waals surface area contributed by atoms with Crippen LogP contribution in [0.25, 0.3) is 0 Å². The van der Waals surface area contributed by atoms with Gasteiger partial charge in [-0.3, -0.25) is 9.78 Å². The number of ether oxygens (including phenoxy) is 1. The molecule has 0 saturated carbocycles. The summed E-state index contributed by atoms with van der Waals surface area (Å²) in [5.41, 5.74) is 0.694. The first-order chi connectivity index (χ1) is 12.1. The maximum absolute atomic E-state index is 12.6. The fourth-order valence-electron chi connectivity index (χ4n) is 2.82. The molecule has 2 aromatic rings. The quantitative estimate of drug-likeness (QED) is 0.764. The highest BCUT2D eigenvalue weighted by Gasteiger charge is 2.32. The zero-order chi connectivity index (χ0) is 17.7. The van der Waals surface area contributed by atoms with Crippen molar-refractivity contribution < 1.29 is 17.9 Å². The van der Waals surface area contributed by atoms with Gasteiger partial charge < -0.3 is 4.74 Å². The zero-order valence-electron chi connectivity index (χ0n) is 13.7. The first-order valence-electron chi connectivity index (χ1n) is 8.19. The topological polar surface area (TPSA) is 76.6 Å². The molecular formula is C18H20N2O4S. The Kier molecular flexibility index (Phi) is 5.45. The van der Waals surface area contributed by atoms with E-state index in [2.05, 4.69) is 4.98 Å². The van der Waals surface area contributed by atoms with E-state index in [1.165, 1.54) is 4.31 Å². The molecule has 1 saturated heterocycles. The van der Waals surface area contributed by atoms with Gasteiger partial charge in [0.25, 0.3) is 0 Å². The molecule has 7 heteroatoms. The van der Waals surface area contributed by atoms with Crippen LogP contribution in [0, 0.1) is 5.92 Å². The first kappa shape index (κ1) is 17.6. The third-order valence-corrected chi connectivity index (χ3v) is 6.17. The standard InChI is InChI=1S/C18H20N2O4S/c21-18(24-14-16-6-4-5-11-19-16)15-9-12-20(13-10-15)25(22,23)17-7-2-1-3-8-17/h1-8,11,15H,9-10,12-14H2. The van der Waals surface area contributed by atoms with Crippen molar-refractivity contribution in [1.82, 2.24) is 9.29 Å². The molecule has 1 aromatic carbocycles. The maximum Gasteiger partial charge on any atom is 0.309 e. The summed E-state index contributed by atoms with van der Waals surface area (Å²) in [6.07, 6.45) is 2.58. The molecule has 0 N–H and O–H groups in total. The van der Waals surface area contributed by atoms with Gasteiger partial charge >= 0.3 is 5.97 Å². The minimum atomic E-state index is -3.50. The number of aromatic nitrogens is 1. The molecule has 3 rings (SSSR count). The van der Waals surface area contributed by atoms with Gasteiger partial charge in [-0.1, -0.05) is 24.3 Å². The van der Waals surface area contributed by atoms with Gasteiger partial charge in [0.1, 0.15) is 6.61 Å². The number of benzene rings is 1. The van der Waals surface area contributed by atoms with Gasteiger partial charge in [-0.2, -0.15) is 4.31 Å². The Labute approximate surface area is 147 Å². The van der Waals surface area contributed by atoms with Crippen LogP contribution in [-0.4, -0.2) is 36.8 Å². The number of hydrogen-bond acceptors (Lipinski definition) is 5. The van der Waals surface area contributed by atoms with Crippen molar-refractivity contribution in [2.24, 2.45) is 5.92 Å². The normalized spacial score (nSPS) is 16.5. The van der Waals surface area contributed by atoms with E-state index in [1.54, 1.807) is 48.7 Å². The van der Waals surface area contributed by atoms with Gasteiger partial charge in [0, 0.05) is 19.3 Å². The minimum Gasteiger partial charge on any atom is -0.459 e. The van der Waals surface area contributed by atoms with Crippen LogP contribution >= 0.6 is 0 Å². The van der Waals surface area contributed by atoms with E-state index < -0.39 is 10.0 Å². The monoisotopic (exact) mass is 360 g/mol. The molecule has 1 fully saturated rings. The van der Waals surface area contributed by atoms with Gasteiger partial charge in [-0.15, -0.1) is 0 Å². The number of carbonyl (C=O) groups is 1. The lowest BCUT2D eigenvalue weighted by molar-refractivity contribution is -0.151. The second kappa shape index (κ2) is 7.76. The predicted octanol–water partition coefficient (Wildman–Crippen LogP) is 2.23. The van der Waals surface area contributed by atoms with Crippen molar-refractivity contribution in [3.05, 3.63) is 60.4 Å². The fraction of sp³-hybridized carbons (Fsp3) is 0.333. The van der Waals surface area contributed by atoms with Crippen LogP contribution in [-0.2, 0) is 26.2 Å². The Balaban J connectivity index is 1.54. The molecule has 0 atom stereocenters. The average molecular weight is 360 g/mol. The maximum atomic E-state index is 12.6. The highest BCUT2D eigenvalue weighted by atomic mass is 32.2. The molecular weight excluding hydrogens is 340 g/mol. The molecule has 0 aliphatic carbocycles. The number of esters is 1. The van der Waals surface area contributed by atoms with E-state index in [1.807, 2.05) is 6.07 Å². The minimum absolute atomic E-state index is 0.141. The van der Waals surface area contributed by atoms with E-state index in [0.717, 1.165) is 0 Å². The largest absolute Gasteiger partial charge is 0.459 e. The van der Waals surface area contributed by atoms with E-state index in [0.29, 0.717) is 31.6 Å². The summed E-state index contributed by atoms with van der Waals surface area (Å²) in [5, 5.41) is 0. The van der Waals surface area contributed by atoms with E-state index in [-0.39, 0.29) is 23.4 Å². The van der Waals surface area contributed by atoms with Crippen molar-refractivity contribution in [3.63, 3.8) is 0 Å². The number of rotatable bonds is 5. The molecule has 0 unspecified atom stereocenters. The molecule has 0 spiro atoms. The summed E-state index contributed by atoms with van der Waals surface area (Å²) in [4.78, 5) is 16.6. The highest BCUT2D eigenvalue weighted by molar-refractivity contribution is 7.89. The number of carbonyl (C=O) groups excluding carboxylic acids is 1. The Morgan fingerprint density at radius 3 is 2.40 bits per heavy atom. The number of pyridine rings is 1. The molecule has 6 nitrogen and oxygen atoms in total. The highest BCUT2D eigenvalue weighted by Crippen LogP contribution is 2.24. The fourth-order valence-corrected chi connectivity index (χ4v) is 4.31. The Morgan fingerprint density at radius 2 is 1.76 bits per heavy atom. The van der Waals surface area contributed by atoms with Crippen LogP contribution < -0.4 is 0 Å². The van der Waals surface area contributed by atoms with Crippen molar-refractivity contribution >= 4 is 16.0 Å². The lowest BCUT2D eigenvalue weighted by atomic mass is 9.98. The second-order valence-electron chi connectivity index (χ2n) is 5.92. The van der Waals surface area contributed by atoms with Crippen LogP contribution in [0.1, 0.15) is 18.5 Å². The van der Waals surface area contributed by atoms with Gasteiger partial charge in [0.2, 0.25) is 10.0 Å². The SMILES string of the molecule is O=C(OCc1ccccn1)C1CCN(S(=O)(=O)c2ccccc2)CC1. The summed E-state index contributed by atoms with van der Waals surface area (Å²) >= 11 is 0. The van der Waals surface area contributed by atoms with Gasteiger partial charge in [0.05, 0.1) is 16.5 Å². The summed E-state index contributed by atoms with van der Waals surface area (Å²) in [7, 11) is -3.50. The van der Waals surface area contributed by atoms with E-state index in [9.17, 15) is 13.2 Å². The lowest BCUT2D eigenvalue weighted by Gasteiger charge is -2.30. The Bertz CT molecular complexity index is 801. The smallest absolute Gasteiger partial charge is 0.309 e. The van der Waals surface area contributed by atoms with Crippen molar-refractivity contribution in [3.8, 4) is 0 Å². The number of sulfonamides is 1. The van der Waals surface area contributed by atoms with Crippen LogP contribution in [0.2, 0.25) is 0 Å². The third-order valence-electron chi connectivity index (χ3n) is 4.26. The van der Waals surface area contributed by atoms with Crippen molar-refractivity contribution in [1.29, 1.82) is 0 Å². The number of hydrogen-bond donors (Lipinski definition) is 0. The summed E-state index contributed by atoms with van der Waals surface area (Å²) in [6, 6.07) is 13.8. The molecule has 2 heterocycles. The van der Waals surface area contributed by atoms with Crippen molar-refractivity contribution in [2.75, 3.05) is 13.1 Å². The average Bonchev–Trinajstić information content (AvgIpc) is 2.68. The number of nitrogens with zero attached hydrogens (tertiary/aromatic N) is 2. The van der Waals surface area contributed by atoms with E-state index >= 15 is 0 Å². The van der Waals surface area contributed by atoms with Crippen LogP contribution in [0.3, 0.4) is 0 Å². The molecule has 25 heavy (non-hydrogen) atoms. The lowest BCUT2D eigenvalue weighted by Crippen LogP contribution is -2.40. The molecule has 1 aromatic heterocycles. The molecule has 132 valence electrons. The van der Waals surface area contributed by atoms with Crippen LogP contribution in [0.5, 0.6) is 0 Å². The van der Waals surface area contributed by atoms with Crippen LogP contribution in [0.15, 0.2) is 59.6 Å². The van der Waals surface area contributed by atoms with Gasteiger partial charge in [-0.25, -0.2) is 8.42 Å². The molecule has 1 aliphatic rings. The Hall–Kier alpha value is -2.25. The number of piperidine rings is 1. The first-order valence-corrected chi connectivity index (χ1v) is 9.63. The summed E-state index contributed by atoms with van der Waals surface area (Å²) < 4.78 is 31.9. The molecule has 0 radical (unpaired) electrons. The second-order valence-corrected chi connectivity index (χ2v) is 7.86. The summed E-state index contributed by atoms with van der Waals surface area (Å²) in [5.74, 6) is -0.562. The Morgan fingerprint density at radius 1 is 1.08 bits per heavy atom. The molecule has 0 bridgehead atoms. The zero-order valence-corrected chi connectivity index (χ0v) is 14.6. The van der Waals surface area contributed by atoms with Crippen LogP contribution in [0.4, 0.5) is 0 Å². The summed E-state index contributed by atoms with van der Waals surface area (Å²) in [6.45, 7) is 0.781.